The summed E-state index contributed by atoms with van der Waals surface area (Å²) in [5.41, 5.74) is 1.10. The fourth-order valence-corrected chi connectivity index (χ4v) is 4.73. The third-order valence-electron chi connectivity index (χ3n) is 5.14. The third-order valence-corrected chi connectivity index (χ3v) is 6.94. The minimum Gasteiger partial charge on any atom is -0.497 e. The molecule has 0 aromatic heterocycles. The lowest BCUT2D eigenvalue weighted by molar-refractivity contribution is -0.139. The Morgan fingerprint density at radius 1 is 1.09 bits per heavy atom. The molecule has 2 aromatic rings. The Bertz CT molecular complexity index is 1110. The van der Waals surface area contributed by atoms with Crippen LogP contribution in [0.3, 0.4) is 0 Å². The molecular formula is C24H32BrN3O5S. The molecule has 0 heterocycles. The smallest absolute Gasteiger partial charge is 0.244 e. The lowest BCUT2D eigenvalue weighted by atomic mass is 10.1. The average Bonchev–Trinajstić information content (AvgIpc) is 2.78. The van der Waals surface area contributed by atoms with Crippen LogP contribution in [0.4, 0.5) is 5.69 Å². The molecule has 0 spiro atoms. The number of sulfonamides is 1. The van der Waals surface area contributed by atoms with E-state index in [9.17, 15) is 18.0 Å². The van der Waals surface area contributed by atoms with E-state index in [1.54, 1.807) is 56.5 Å². The van der Waals surface area contributed by atoms with Gasteiger partial charge in [-0.3, -0.25) is 13.9 Å². The summed E-state index contributed by atoms with van der Waals surface area (Å²) < 4.78 is 32.1. The van der Waals surface area contributed by atoms with E-state index >= 15 is 0 Å². The van der Waals surface area contributed by atoms with Gasteiger partial charge in [0.2, 0.25) is 21.8 Å². The van der Waals surface area contributed by atoms with E-state index in [1.165, 1.54) is 4.90 Å². The largest absolute Gasteiger partial charge is 0.497 e. The number of anilines is 1. The number of nitrogens with zero attached hydrogens (tertiary/aromatic N) is 2. The van der Waals surface area contributed by atoms with Crippen molar-refractivity contribution in [2.45, 2.75) is 33.4 Å². The standard InChI is InChI=1S/C24H32BrN3O5S/c1-17(2)14-26-24(30)18(3)27(15-19-9-8-10-20(13-19)33-4)23(29)16-28(34(5,31)32)22-12-7-6-11-21(22)25/h6-13,17-18H,14-16H2,1-5H3,(H,26,30)/t18-/m1/s1. The Kier molecular flexibility index (Phi) is 9.93. The molecule has 2 rings (SSSR count). The number of carbonyl (C=O) groups is 2. The van der Waals surface area contributed by atoms with Crippen LogP contribution in [0, 0.1) is 5.92 Å². The van der Waals surface area contributed by atoms with Crippen molar-refractivity contribution in [1.82, 2.24) is 10.2 Å². The van der Waals surface area contributed by atoms with Crippen LogP contribution in [0.15, 0.2) is 53.0 Å². The van der Waals surface area contributed by atoms with Crippen LogP contribution >= 0.6 is 15.9 Å². The second kappa shape index (κ2) is 12.2. The van der Waals surface area contributed by atoms with E-state index in [0.717, 1.165) is 16.1 Å². The molecule has 2 aromatic carbocycles. The van der Waals surface area contributed by atoms with Crippen molar-refractivity contribution in [2.24, 2.45) is 5.92 Å². The number of methoxy groups -OCH3 is 1. The fraction of sp³-hybridized carbons (Fsp3) is 0.417. The molecule has 0 radical (unpaired) electrons. The number of benzene rings is 2. The minimum atomic E-state index is -3.78. The molecule has 34 heavy (non-hydrogen) atoms. The lowest BCUT2D eigenvalue weighted by Crippen LogP contribution is -2.51. The highest BCUT2D eigenvalue weighted by molar-refractivity contribution is 9.10. The van der Waals surface area contributed by atoms with Gasteiger partial charge in [-0.25, -0.2) is 8.42 Å². The van der Waals surface area contributed by atoms with Gasteiger partial charge in [0.25, 0.3) is 0 Å². The predicted molar refractivity (Wildman–Crippen MR) is 137 cm³/mol. The maximum Gasteiger partial charge on any atom is 0.244 e. The normalized spacial score (nSPS) is 12.2. The van der Waals surface area contributed by atoms with Crippen LogP contribution in [-0.2, 0) is 26.2 Å². The molecule has 186 valence electrons. The van der Waals surface area contributed by atoms with Gasteiger partial charge >= 0.3 is 0 Å². The maximum absolute atomic E-state index is 13.5. The zero-order chi connectivity index (χ0) is 25.5. The van der Waals surface area contributed by atoms with Crippen molar-refractivity contribution in [3.05, 3.63) is 58.6 Å². The number of nitrogens with one attached hydrogen (secondary N) is 1. The van der Waals surface area contributed by atoms with Crippen molar-refractivity contribution in [2.75, 3.05) is 30.8 Å². The molecule has 1 atom stereocenters. The zero-order valence-electron chi connectivity index (χ0n) is 20.1. The van der Waals surface area contributed by atoms with Crippen LogP contribution in [0.25, 0.3) is 0 Å². The third kappa shape index (κ3) is 7.73. The molecule has 8 nitrogen and oxygen atoms in total. The fourth-order valence-electron chi connectivity index (χ4n) is 3.25. The Morgan fingerprint density at radius 3 is 2.35 bits per heavy atom. The molecule has 0 aliphatic rings. The summed E-state index contributed by atoms with van der Waals surface area (Å²) in [5, 5.41) is 2.85. The van der Waals surface area contributed by atoms with Gasteiger partial charge in [-0.15, -0.1) is 0 Å². The minimum absolute atomic E-state index is 0.111. The summed E-state index contributed by atoms with van der Waals surface area (Å²) >= 11 is 3.36. The number of amides is 2. The van der Waals surface area contributed by atoms with E-state index < -0.39 is 28.5 Å². The number of hydrogen-bond donors (Lipinski definition) is 1. The van der Waals surface area contributed by atoms with Crippen molar-refractivity contribution < 1.29 is 22.7 Å². The zero-order valence-corrected chi connectivity index (χ0v) is 22.5. The van der Waals surface area contributed by atoms with Gasteiger partial charge in [-0.2, -0.15) is 0 Å². The molecule has 10 heteroatoms. The second-order valence-corrected chi connectivity index (χ2v) is 11.2. The average molecular weight is 555 g/mol. The highest BCUT2D eigenvalue weighted by Crippen LogP contribution is 2.28. The summed E-state index contributed by atoms with van der Waals surface area (Å²) in [6.45, 7) is 5.72. The molecule has 0 aliphatic heterocycles. The monoisotopic (exact) mass is 553 g/mol. The Balaban J connectivity index is 2.39. The predicted octanol–water partition coefficient (Wildman–Crippen LogP) is 3.41. The number of carbonyl (C=O) groups excluding carboxylic acids is 2. The van der Waals surface area contributed by atoms with Gasteiger partial charge in [-0.1, -0.05) is 38.1 Å². The first kappa shape index (κ1) is 27.7. The van der Waals surface area contributed by atoms with E-state index in [2.05, 4.69) is 21.2 Å². The summed E-state index contributed by atoms with van der Waals surface area (Å²) in [5.74, 6) is 0.0515. The number of ether oxygens (including phenoxy) is 1. The van der Waals surface area contributed by atoms with Crippen LogP contribution in [0.5, 0.6) is 5.75 Å². The van der Waals surface area contributed by atoms with Gasteiger partial charge in [0.1, 0.15) is 18.3 Å². The number of hydrogen-bond acceptors (Lipinski definition) is 5. The van der Waals surface area contributed by atoms with Crippen LogP contribution in [-0.4, -0.2) is 57.6 Å². The SMILES string of the molecule is COc1cccc(CN(C(=O)CN(c2ccccc2Br)S(C)(=O)=O)[C@H](C)C(=O)NCC(C)C)c1. The molecule has 2 amide bonds. The summed E-state index contributed by atoms with van der Waals surface area (Å²) in [6, 6.07) is 13.1. The molecule has 0 aliphatic carbocycles. The maximum atomic E-state index is 13.5. The quantitative estimate of drug-likeness (QED) is 0.460. The van der Waals surface area contributed by atoms with Crippen molar-refractivity contribution in [1.29, 1.82) is 0 Å². The van der Waals surface area contributed by atoms with Gasteiger partial charge in [0, 0.05) is 17.6 Å². The summed E-state index contributed by atoms with van der Waals surface area (Å²) in [4.78, 5) is 27.8. The van der Waals surface area contributed by atoms with Crippen LogP contribution < -0.4 is 14.4 Å². The number of rotatable bonds is 11. The molecule has 0 saturated carbocycles. The van der Waals surface area contributed by atoms with E-state index in [0.29, 0.717) is 22.5 Å². The molecule has 0 unspecified atom stereocenters. The molecule has 0 bridgehead atoms. The first-order valence-electron chi connectivity index (χ1n) is 10.9. The highest BCUT2D eigenvalue weighted by atomic mass is 79.9. The summed E-state index contributed by atoms with van der Waals surface area (Å²) in [7, 11) is -2.24. The van der Waals surface area contributed by atoms with Gasteiger partial charge < -0.3 is 15.0 Å². The lowest BCUT2D eigenvalue weighted by Gasteiger charge is -2.32. The van der Waals surface area contributed by atoms with Crippen LogP contribution in [0.1, 0.15) is 26.3 Å². The molecule has 1 N–H and O–H groups in total. The van der Waals surface area contributed by atoms with Gasteiger partial charge in [0.05, 0.1) is 19.1 Å². The van der Waals surface area contributed by atoms with Crippen molar-refractivity contribution >= 4 is 43.5 Å². The van der Waals surface area contributed by atoms with Crippen molar-refractivity contribution in [3.8, 4) is 5.75 Å². The van der Waals surface area contributed by atoms with E-state index in [-0.39, 0.29) is 18.4 Å². The van der Waals surface area contributed by atoms with Gasteiger partial charge in [0.15, 0.2) is 0 Å². The molecule has 0 fully saturated rings. The topological polar surface area (TPSA) is 96.0 Å². The van der Waals surface area contributed by atoms with Crippen molar-refractivity contribution in [3.63, 3.8) is 0 Å². The van der Waals surface area contributed by atoms with Crippen LogP contribution in [0.2, 0.25) is 0 Å². The Labute approximate surface area is 210 Å². The van der Waals surface area contributed by atoms with Gasteiger partial charge in [-0.05, 0) is 58.6 Å². The Hall–Kier alpha value is -2.59. The molecular weight excluding hydrogens is 522 g/mol. The molecule has 0 saturated heterocycles. The first-order valence-corrected chi connectivity index (χ1v) is 13.5. The van der Waals surface area contributed by atoms with E-state index in [1.807, 2.05) is 19.9 Å². The highest BCUT2D eigenvalue weighted by Gasteiger charge is 2.30. The first-order chi connectivity index (χ1) is 15.9. The number of para-hydroxylation sites is 1. The Morgan fingerprint density at radius 2 is 1.76 bits per heavy atom. The summed E-state index contributed by atoms with van der Waals surface area (Å²) in [6.07, 6.45) is 1.05. The number of halogens is 1. The van der Waals surface area contributed by atoms with E-state index in [4.69, 9.17) is 4.74 Å². The second-order valence-electron chi connectivity index (χ2n) is 8.41.